The molecule has 0 spiro atoms. The molecule has 1 aliphatic rings. The van der Waals surface area contributed by atoms with Gasteiger partial charge in [0.1, 0.15) is 0 Å². The van der Waals surface area contributed by atoms with Gasteiger partial charge in [-0.15, -0.1) is 0 Å². The third kappa shape index (κ3) is 1.37. The van der Waals surface area contributed by atoms with Crippen LogP contribution in [0.2, 0.25) is 0 Å². The van der Waals surface area contributed by atoms with Crippen molar-refractivity contribution in [2.45, 2.75) is 13.0 Å². The van der Waals surface area contributed by atoms with E-state index in [4.69, 9.17) is 0 Å². The molecule has 2 rings (SSSR count). The van der Waals surface area contributed by atoms with Crippen LogP contribution in [0.4, 0.5) is 5.95 Å². The van der Waals surface area contributed by atoms with Gasteiger partial charge < -0.3 is 10.2 Å². The van der Waals surface area contributed by atoms with E-state index < -0.39 is 0 Å². The van der Waals surface area contributed by atoms with E-state index in [0.717, 1.165) is 25.6 Å². The molecule has 0 atom stereocenters. The summed E-state index contributed by atoms with van der Waals surface area (Å²) in [5, 5.41) is 14.7. The van der Waals surface area contributed by atoms with Gasteiger partial charge in [-0.3, -0.25) is 0 Å². The summed E-state index contributed by atoms with van der Waals surface area (Å²) in [7, 11) is 1.87. The molecule has 1 fully saturated rings. The zero-order valence-electron chi connectivity index (χ0n) is 7.93. The minimum atomic E-state index is 0.551. The molecule has 6 heteroatoms. The fraction of sp³-hybridized carbons (Fsp3) is 0.857. The first-order chi connectivity index (χ1) is 6.33. The molecule has 0 radical (unpaired) electrons. The molecule has 72 valence electrons. The van der Waals surface area contributed by atoms with Crippen LogP contribution in [0.1, 0.15) is 6.92 Å². The van der Waals surface area contributed by atoms with Gasteiger partial charge >= 0.3 is 0 Å². The number of rotatable bonds is 3. The van der Waals surface area contributed by atoms with Gasteiger partial charge in [0.2, 0.25) is 5.95 Å². The van der Waals surface area contributed by atoms with Crippen molar-refractivity contribution in [1.82, 2.24) is 25.5 Å². The SMILES string of the molecule is CCN(c1nnnn1C)C1CNC1. The molecule has 1 aliphatic heterocycles. The van der Waals surface area contributed by atoms with E-state index in [1.807, 2.05) is 7.05 Å². The Hall–Kier alpha value is -1.17. The lowest BCUT2D eigenvalue weighted by Gasteiger charge is -2.37. The minimum Gasteiger partial charge on any atom is -0.334 e. The second-order valence-electron chi connectivity index (χ2n) is 3.20. The van der Waals surface area contributed by atoms with Crippen molar-refractivity contribution in [1.29, 1.82) is 0 Å². The average molecular weight is 182 g/mol. The van der Waals surface area contributed by atoms with Crippen molar-refractivity contribution < 1.29 is 0 Å². The van der Waals surface area contributed by atoms with Gasteiger partial charge in [0.05, 0.1) is 6.04 Å². The third-order valence-electron chi connectivity index (χ3n) is 2.40. The maximum atomic E-state index is 3.99. The Labute approximate surface area is 76.9 Å². The topological polar surface area (TPSA) is 58.9 Å². The molecular weight excluding hydrogens is 168 g/mol. The van der Waals surface area contributed by atoms with E-state index >= 15 is 0 Å². The maximum Gasteiger partial charge on any atom is 0.245 e. The van der Waals surface area contributed by atoms with Crippen LogP contribution in [0.15, 0.2) is 0 Å². The van der Waals surface area contributed by atoms with Gasteiger partial charge in [-0.2, -0.15) is 0 Å². The lowest BCUT2D eigenvalue weighted by atomic mass is 10.1. The van der Waals surface area contributed by atoms with Gasteiger partial charge in [0, 0.05) is 26.7 Å². The molecule has 1 saturated heterocycles. The molecule has 0 saturated carbocycles. The predicted octanol–water partition coefficient (Wildman–Crippen LogP) is -0.992. The van der Waals surface area contributed by atoms with Crippen LogP contribution >= 0.6 is 0 Å². The number of likely N-dealkylation sites (N-methyl/N-ethyl adjacent to an activating group) is 1. The average Bonchev–Trinajstić information content (AvgIpc) is 2.43. The monoisotopic (exact) mass is 182 g/mol. The zero-order chi connectivity index (χ0) is 9.26. The number of nitrogens with one attached hydrogen (secondary N) is 1. The Balaban J connectivity index is 2.16. The molecule has 13 heavy (non-hydrogen) atoms. The molecule has 0 amide bonds. The second-order valence-corrected chi connectivity index (χ2v) is 3.20. The first-order valence-corrected chi connectivity index (χ1v) is 4.52. The lowest BCUT2D eigenvalue weighted by molar-refractivity contribution is 0.409. The van der Waals surface area contributed by atoms with E-state index in [1.54, 1.807) is 4.68 Å². The first kappa shape index (κ1) is 8.43. The Kier molecular flexibility index (Phi) is 2.13. The van der Waals surface area contributed by atoms with E-state index in [2.05, 4.69) is 32.7 Å². The van der Waals surface area contributed by atoms with Gasteiger partial charge in [-0.05, 0) is 17.4 Å². The number of anilines is 1. The molecule has 0 aromatic carbocycles. The normalized spacial score (nSPS) is 17.1. The Bertz CT molecular complexity index is 278. The van der Waals surface area contributed by atoms with E-state index in [-0.39, 0.29) is 0 Å². The Morgan fingerprint density at radius 3 is 2.77 bits per heavy atom. The Morgan fingerprint density at radius 2 is 2.38 bits per heavy atom. The molecular formula is C7H14N6. The summed E-state index contributed by atoms with van der Waals surface area (Å²) < 4.78 is 1.71. The molecule has 1 aromatic rings. The summed E-state index contributed by atoms with van der Waals surface area (Å²) in [6.45, 7) is 5.12. The van der Waals surface area contributed by atoms with Crippen LogP contribution in [-0.2, 0) is 7.05 Å². The molecule has 6 nitrogen and oxygen atoms in total. The molecule has 0 bridgehead atoms. The highest BCUT2D eigenvalue weighted by atomic mass is 15.6. The van der Waals surface area contributed by atoms with Crippen LogP contribution in [0, 0.1) is 0 Å². The summed E-state index contributed by atoms with van der Waals surface area (Å²) in [5.74, 6) is 0.856. The summed E-state index contributed by atoms with van der Waals surface area (Å²) in [4.78, 5) is 2.22. The number of aromatic nitrogens is 4. The van der Waals surface area contributed by atoms with Crippen molar-refractivity contribution in [3.8, 4) is 0 Å². The van der Waals surface area contributed by atoms with Crippen molar-refractivity contribution in [2.75, 3.05) is 24.5 Å². The van der Waals surface area contributed by atoms with Crippen molar-refractivity contribution in [2.24, 2.45) is 7.05 Å². The number of hydrogen-bond donors (Lipinski definition) is 1. The standard InChI is InChI=1S/C7H14N6/c1-3-13(6-4-8-5-6)7-9-10-11-12(7)2/h6,8H,3-5H2,1-2H3. The van der Waals surface area contributed by atoms with Gasteiger partial charge in [0.25, 0.3) is 0 Å². The zero-order valence-corrected chi connectivity index (χ0v) is 7.93. The summed E-state index contributed by atoms with van der Waals surface area (Å²) >= 11 is 0. The van der Waals surface area contributed by atoms with Crippen LogP contribution in [0.5, 0.6) is 0 Å². The van der Waals surface area contributed by atoms with Gasteiger partial charge in [-0.1, -0.05) is 5.10 Å². The van der Waals surface area contributed by atoms with Crippen molar-refractivity contribution in [3.05, 3.63) is 0 Å². The number of aryl methyl sites for hydroxylation is 1. The number of nitrogens with zero attached hydrogens (tertiary/aromatic N) is 5. The number of tetrazole rings is 1. The summed E-state index contributed by atoms with van der Waals surface area (Å²) in [6, 6.07) is 0.551. The van der Waals surface area contributed by atoms with Gasteiger partial charge in [-0.25, -0.2) is 4.68 Å². The van der Waals surface area contributed by atoms with Crippen molar-refractivity contribution >= 4 is 5.95 Å². The second kappa shape index (κ2) is 3.29. The van der Waals surface area contributed by atoms with Gasteiger partial charge in [0.15, 0.2) is 0 Å². The largest absolute Gasteiger partial charge is 0.334 e. The van der Waals surface area contributed by atoms with Crippen LogP contribution < -0.4 is 10.2 Å². The first-order valence-electron chi connectivity index (χ1n) is 4.52. The third-order valence-corrected chi connectivity index (χ3v) is 2.40. The quantitative estimate of drug-likeness (QED) is 0.650. The molecule has 2 heterocycles. The summed E-state index contributed by atoms with van der Waals surface area (Å²) in [6.07, 6.45) is 0. The molecule has 1 aromatic heterocycles. The highest BCUT2D eigenvalue weighted by molar-refractivity contribution is 5.31. The van der Waals surface area contributed by atoms with Crippen LogP contribution in [0.25, 0.3) is 0 Å². The van der Waals surface area contributed by atoms with Crippen LogP contribution in [0.3, 0.4) is 0 Å². The van der Waals surface area contributed by atoms with E-state index in [0.29, 0.717) is 6.04 Å². The lowest BCUT2D eigenvalue weighted by Crippen LogP contribution is -2.58. The smallest absolute Gasteiger partial charge is 0.245 e. The van der Waals surface area contributed by atoms with E-state index in [1.165, 1.54) is 0 Å². The van der Waals surface area contributed by atoms with Crippen LogP contribution in [-0.4, -0.2) is 45.9 Å². The minimum absolute atomic E-state index is 0.551. The molecule has 0 aliphatic carbocycles. The Morgan fingerprint density at radius 1 is 1.62 bits per heavy atom. The fourth-order valence-corrected chi connectivity index (χ4v) is 1.52. The fourth-order valence-electron chi connectivity index (χ4n) is 1.52. The highest BCUT2D eigenvalue weighted by Gasteiger charge is 2.26. The van der Waals surface area contributed by atoms with E-state index in [9.17, 15) is 0 Å². The maximum absolute atomic E-state index is 3.99. The highest BCUT2D eigenvalue weighted by Crippen LogP contribution is 2.13. The number of hydrogen-bond acceptors (Lipinski definition) is 5. The molecule has 0 unspecified atom stereocenters. The van der Waals surface area contributed by atoms with Crippen molar-refractivity contribution in [3.63, 3.8) is 0 Å². The summed E-state index contributed by atoms with van der Waals surface area (Å²) in [5.41, 5.74) is 0. The predicted molar refractivity (Wildman–Crippen MR) is 48.5 cm³/mol. The molecule has 1 N–H and O–H groups in total.